The predicted octanol–water partition coefficient (Wildman–Crippen LogP) is 0.319. The zero-order valence-electron chi connectivity index (χ0n) is 8.86. The van der Waals surface area contributed by atoms with Gasteiger partial charge in [-0.3, -0.25) is 10.1 Å². The Hall–Kier alpha value is -1.49. The summed E-state index contributed by atoms with van der Waals surface area (Å²) in [5.41, 5.74) is 3.90. The zero-order valence-corrected chi connectivity index (χ0v) is 8.86. The highest BCUT2D eigenvalue weighted by Crippen LogP contribution is 2.07. The zero-order chi connectivity index (χ0) is 10.7. The van der Waals surface area contributed by atoms with Crippen LogP contribution in [-0.2, 0) is 4.74 Å². The molecule has 0 aliphatic carbocycles. The molecule has 0 radical (unpaired) electrons. The molecule has 5 heteroatoms. The van der Waals surface area contributed by atoms with Crippen molar-refractivity contribution in [2.24, 2.45) is 0 Å². The summed E-state index contributed by atoms with van der Waals surface area (Å²) in [6.07, 6.45) is 1.91. The van der Waals surface area contributed by atoms with E-state index in [2.05, 4.69) is 5.43 Å². The van der Waals surface area contributed by atoms with E-state index in [-0.39, 0.29) is 0 Å². The monoisotopic (exact) mass is 208 g/mol. The average Bonchev–Trinajstić information content (AvgIpc) is 2.77. The van der Waals surface area contributed by atoms with Gasteiger partial charge < -0.3 is 15.1 Å². The summed E-state index contributed by atoms with van der Waals surface area (Å²) in [4.78, 5) is 2.03. The molecule has 15 heavy (non-hydrogen) atoms. The summed E-state index contributed by atoms with van der Waals surface area (Å²) in [6, 6.07) is 3.87. The fourth-order valence-corrected chi connectivity index (χ4v) is 1.72. The SMILES string of the molecule is CNn1cccc1C(=N)N1CCOCC1. The Morgan fingerprint density at radius 2 is 2.20 bits per heavy atom. The lowest BCUT2D eigenvalue weighted by Gasteiger charge is -2.29. The van der Waals surface area contributed by atoms with Crippen LogP contribution in [-0.4, -0.2) is 48.8 Å². The molecule has 0 atom stereocenters. The van der Waals surface area contributed by atoms with Crippen LogP contribution >= 0.6 is 0 Å². The van der Waals surface area contributed by atoms with Crippen LogP contribution < -0.4 is 5.43 Å². The van der Waals surface area contributed by atoms with Crippen molar-refractivity contribution in [2.45, 2.75) is 0 Å². The Labute approximate surface area is 89.1 Å². The average molecular weight is 208 g/mol. The van der Waals surface area contributed by atoms with Gasteiger partial charge in [0, 0.05) is 26.3 Å². The highest BCUT2D eigenvalue weighted by molar-refractivity contribution is 5.95. The maximum atomic E-state index is 8.09. The molecule has 0 spiro atoms. The number of hydrogen-bond acceptors (Lipinski definition) is 3. The highest BCUT2D eigenvalue weighted by atomic mass is 16.5. The Morgan fingerprint density at radius 3 is 2.87 bits per heavy atom. The number of ether oxygens (including phenoxy) is 1. The van der Waals surface area contributed by atoms with Gasteiger partial charge in [-0.25, -0.2) is 0 Å². The molecule has 0 bridgehead atoms. The molecule has 2 N–H and O–H groups in total. The fourth-order valence-electron chi connectivity index (χ4n) is 1.72. The van der Waals surface area contributed by atoms with Crippen molar-refractivity contribution in [2.75, 3.05) is 38.8 Å². The molecule has 5 nitrogen and oxygen atoms in total. The maximum Gasteiger partial charge on any atom is 0.147 e. The van der Waals surface area contributed by atoms with Crippen LogP contribution in [0.3, 0.4) is 0 Å². The van der Waals surface area contributed by atoms with Gasteiger partial charge in [0.05, 0.1) is 13.2 Å². The third kappa shape index (κ3) is 1.97. The van der Waals surface area contributed by atoms with Gasteiger partial charge in [0.1, 0.15) is 11.5 Å². The number of aromatic nitrogens is 1. The quantitative estimate of drug-likeness (QED) is 0.543. The maximum absolute atomic E-state index is 8.09. The van der Waals surface area contributed by atoms with Crippen LogP contribution in [0.5, 0.6) is 0 Å². The lowest BCUT2D eigenvalue weighted by Crippen LogP contribution is -2.41. The fraction of sp³-hybridized carbons (Fsp3) is 0.500. The molecule has 0 saturated carbocycles. The normalized spacial score (nSPS) is 16.5. The minimum atomic E-state index is 0.553. The number of nitrogens with one attached hydrogen (secondary N) is 2. The van der Waals surface area contributed by atoms with E-state index in [1.54, 1.807) is 0 Å². The lowest BCUT2D eigenvalue weighted by atomic mass is 10.3. The first-order chi connectivity index (χ1) is 7.33. The second-order valence-corrected chi connectivity index (χ2v) is 3.44. The molecule has 1 aliphatic rings. The van der Waals surface area contributed by atoms with Crippen molar-refractivity contribution in [3.63, 3.8) is 0 Å². The molecule has 82 valence electrons. The van der Waals surface area contributed by atoms with Gasteiger partial charge in [-0.1, -0.05) is 0 Å². The van der Waals surface area contributed by atoms with Crippen LogP contribution in [0.4, 0.5) is 0 Å². The van der Waals surface area contributed by atoms with Crippen molar-refractivity contribution in [1.29, 1.82) is 5.41 Å². The summed E-state index contributed by atoms with van der Waals surface area (Å²) < 4.78 is 7.11. The molecule has 2 rings (SSSR count). The molecule has 1 aliphatic heterocycles. The van der Waals surface area contributed by atoms with E-state index in [0.29, 0.717) is 19.0 Å². The minimum absolute atomic E-state index is 0.553. The molecule has 0 amide bonds. The van der Waals surface area contributed by atoms with Crippen LogP contribution in [0.1, 0.15) is 5.69 Å². The van der Waals surface area contributed by atoms with E-state index in [1.807, 2.05) is 35.0 Å². The molecule has 1 saturated heterocycles. The van der Waals surface area contributed by atoms with E-state index < -0.39 is 0 Å². The van der Waals surface area contributed by atoms with E-state index in [9.17, 15) is 0 Å². The number of rotatable bonds is 2. The minimum Gasteiger partial charge on any atom is -0.378 e. The molecule has 0 aromatic carbocycles. The summed E-state index contributed by atoms with van der Waals surface area (Å²) in [7, 11) is 1.84. The summed E-state index contributed by atoms with van der Waals surface area (Å²) >= 11 is 0. The van der Waals surface area contributed by atoms with Crippen molar-refractivity contribution < 1.29 is 4.74 Å². The van der Waals surface area contributed by atoms with Crippen LogP contribution in [0, 0.1) is 5.41 Å². The van der Waals surface area contributed by atoms with Gasteiger partial charge in [0.15, 0.2) is 0 Å². The first-order valence-corrected chi connectivity index (χ1v) is 5.09. The topological polar surface area (TPSA) is 53.3 Å². The Balaban J connectivity index is 2.12. The van der Waals surface area contributed by atoms with Crippen molar-refractivity contribution in [3.8, 4) is 0 Å². The third-order valence-corrected chi connectivity index (χ3v) is 2.56. The lowest BCUT2D eigenvalue weighted by molar-refractivity contribution is 0.0678. The van der Waals surface area contributed by atoms with E-state index in [1.165, 1.54) is 0 Å². The largest absolute Gasteiger partial charge is 0.378 e. The Morgan fingerprint density at radius 1 is 1.47 bits per heavy atom. The molecule has 1 aromatic heterocycles. The van der Waals surface area contributed by atoms with Crippen molar-refractivity contribution in [3.05, 3.63) is 24.0 Å². The third-order valence-electron chi connectivity index (χ3n) is 2.56. The first-order valence-electron chi connectivity index (χ1n) is 5.09. The highest BCUT2D eigenvalue weighted by Gasteiger charge is 2.17. The van der Waals surface area contributed by atoms with Crippen LogP contribution in [0.2, 0.25) is 0 Å². The van der Waals surface area contributed by atoms with Gasteiger partial charge in [0.2, 0.25) is 0 Å². The molecule has 1 aromatic rings. The van der Waals surface area contributed by atoms with Gasteiger partial charge >= 0.3 is 0 Å². The van der Waals surface area contributed by atoms with Crippen molar-refractivity contribution in [1.82, 2.24) is 9.58 Å². The van der Waals surface area contributed by atoms with E-state index >= 15 is 0 Å². The smallest absolute Gasteiger partial charge is 0.147 e. The predicted molar refractivity (Wildman–Crippen MR) is 58.9 cm³/mol. The molecule has 1 fully saturated rings. The van der Waals surface area contributed by atoms with Gasteiger partial charge in [0.25, 0.3) is 0 Å². The second-order valence-electron chi connectivity index (χ2n) is 3.44. The van der Waals surface area contributed by atoms with Gasteiger partial charge in [-0.05, 0) is 12.1 Å². The Bertz CT molecular complexity index is 341. The standard InChI is InChI=1S/C10H16N4O/c1-12-14-4-2-3-9(14)10(11)13-5-7-15-8-6-13/h2-4,11-12H,5-8H2,1H3. The number of morpholine rings is 1. The summed E-state index contributed by atoms with van der Waals surface area (Å²) in [6.45, 7) is 3.02. The molecular formula is C10H16N4O. The summed E-state index contributed by atoms with van der Waals surface area (Å²) in [5, 5.41) is 8.09. The Kier molecular flexibility index (Phi) is 2.91. The number of hydrogen-bond donors (Lipinski definition) is 2. The summed E-state index contributed by atoms with van der Waals surface area (Å²) in [5.74, 6) is 0.553. The van der Waals surface area contributed by atoms with E-state index in [0.717, 1.165) is 18.8 Å². The van der Waals surface area contributed by atoms with Crippen LogP contribution in [0.15, 0.2) is 18.3 Å². The van der Waals surface area contributed by atoms with Gasteiger partial charge in [-0.2, -0.15) is 0 Å². The number of nitrogens with zero attached hydrogens (tertiary/aromatic N) is 2. The van der Waals surface area contributed by atoms with Crippen molar-refractivity contribution >= 4 is 5.84 Å². The first kappa shape index (κ1) is 10.0. The molecule has 2 heterocycles. The van der Waals surface area contributed by atoms with E-state index in [4.69, 9.17) is 10.1 Å². The molecule has 0 unspecified atom stereocenters. The second kappa shape index (κ2) is 4.35. The van der Waals surface area contributed by atoms with Gasteiger partial charge in [-0.15, -0.1) is 0 Å². The number of amidine groups is 1. The van der Waals surface area contributed by atoms with Crippen LogP contribution in [0.25, 0.3) is 0 Å². The molecular weight excluding hydrogens is 192 g/mol.